The molecule has 1 fully saturated rings. The molecule has 1 atom stereocenters. The smallest absolute Gasteiger partial charge is 0.244 e. The standard InChI is InChI=1S/C32H38FN3O5S/c1-41-29-15-9-12-25(20-29)22-35(31(37)23-36(42(2,39)40)28-18-16-26(33)17-19-28)30(21-24-10-5-3-6-11-24)32(38)34-27-13-7-4-8-14-27/h3,5-6,9-12,15-20,27,30H,4,7-8,13-14,21-23H2,1-2H3,(H,34,38)/t30-/m1/s1. The molecule has 42 heavy (non-hydrogen) atoms. The highest BCUT2D eigenvalue weighted by atomic mass is 32.2. The van der Waals surface area contributed by atoms with Crippen LogP contribution in [0.1, 0.15) is 43.2 Å². The van der Waals surface area contributed by atoms with Gasteiger partial charge in [0.15, 0.2) is 0 Å². The van der Waals surface area contributed by atoms with Gasteiger partial charge in [-0.25, -0.2) is 12.8 Å². The summed E-state index contributed by atoms with van der Waals surface area (Å²) in [6.07, 6.45) is 6.17. The Hall–Kier alpha value is -3.92. The van der Waals surface area contributed by atoms with Gasteiger partial charge in [-0.05, 0) is 60.4 Å². The number of methoxy groups -OCH3 is 1. The maximum Gasteiger partial charge on any atom is 0.244 e. The van der Waals surface area contributed by atoms with Gasteiger partial charge in [-0.2, -0.15) is 0 Å². The van der Waals surface area contributed by atoms with Crippen LogP contribution in [-0.2, 0) is 32.6 Å². The molecule has 1 saturated carbocycles. The number of nitrogens with one attached hydrogen (secondary N) is 1. The van der Waals surface area contributed by atoms with E-state index in [9.17, 15) is 22.4 Å². The molecule has 10 heteroatoms. The van der Waals surface area contributed by atoms with E-state index in [0.717, 1.165) is 65.9 Å². The average molecular weight is 596 g/mol. The Morgan fingerprint density at radius 1 is 0.952 bits per heavy atom. The Morgan fingerprint density at radius 3 is 2.26 bits per heavy atom. The Morgan fingerprint density at radius 2 is 1.62 bits per heavy atom. The second-order valence-corrected chi connectivity index (χ2v) is 12.6. The molecule has 1 aliphatic rings. The summed E-state index contributed by atoms with van der Waals surface area (Å²) >= 11 is 0. The normalized spacial score (nSPS) is 14.5. The van der Waals surface area contributed by atoms with Crippen molar-refractivity contribution in [3.05, 3.63) is 95.8 Å². The zero-order chi connectivity index (χ0) is 30.1. The first-order chi connectivity index (χ1) is 20.1. The van der Waals surface area contributed by atoms with Gasteiger partial charge in [0, 0.05) is 19.0 Å². The third kappa shape index (κ3) is 8.55. The largest absolute Gasteiger partial charge is 0.497 e. The van der Waals surface area contributed by atoms with Crippen molar-refractivity contribution < 1.29 is 27.1 Å². The van der Waals surface area contributed by atoms with Gasteiger partial charge < -0.3 is 15.0 Å². The molecule has 0 spiro atoms. The number of ether oxygens (including phenoxy) is 1. The fourth-order valence-corrected chi connectivity index (χ4v) is 6.14. The van der Waals surface area contributed by atoms with Crippen molar-refractivity contribution in [2.75, 3.05) is 24.2 Å². The van der Waals surface area contributed by atoms with Crippen molar-refractivity contribution in [1.29, 1.82) is 0 Å². The minimum atomic E-state index is -3.93. The Kier molecular flexibility index (Phi) is 10.6. The maximum absolute atomic E-state index is 14.2. The highest BCUT2D eigenvalue weighted by Crippen LogP contribution is 2.23. The molecule has 4 rings (SSSR count). The third-order valence-electron chi connectivity index (χ3n) is 7.50. The fourth-order valence-electron chi connectivity index (χ4n) is 5.29. The Bertz CT molecular complexity index is 1440. The van der Waals surface area contributed by atoms with Crippen molar-refractivity contribution in [3.63, 3.8) is 0 Å². The van der Waals surface area contributed by atoms with Crippen LogP contribution < -0.4 is 14.4 Å². The molecule has 0 heterocycles. The molecule has 1 aliphatic carbocycles. The molecule has 8 nitrogen and oxygen atoms in total. The summed E-state index contributed by atoms with van der Waals surface area (Å²) in [5, 5.41) is 3.17. The number of amides is 2. The quantitative estimate of drug-likeness (QED) is 0.328. The molecule has 0 aliphatic heterocycles. The van der Waals surface area contributed by atoms with Gasteiger partial charge in [-0.3, -0.25) is 13.9 Å². The van der Waals surface area contributed by atoms with E-state index in [1.165, 1.54) is 17.0 Å². The lowest BCUT2D eigenvalue weighted by molar-refractivity contribution is -0.140. The SMILES string of the molecule is COc1cccc(CN(C(=O)CN(c2ccc(F)cc2)S(C)(=O)=O)[C@H](Cc2ccccc2)C(=O)NC2CCCCC2)c1. The highest BCUT2D eigenvalue weighted by molar-refractivity contribution is 7.92. The molecule has 224 valence electrons. The van der Waals surface area contributed by atoms with E-state index >= 15 is 0 Å². The van der Waals surface area contributed by atoms with Gasteiger partial charge in [-0.1, -0.05) is 61.7 Å². The zero-order valence-electron chi connectivity index (χ0n) is 24.0. The number of carbonyl (C=O) groups excluding carboxylic acids is 2. The first-order valence-corrected chi connectivity index (χ1v) is 16.0. The van der Waals surface area contributed by atoms with Gasteiger partial charge in [0.1, 0.15) is 24.2 Å². The van der Waals surface area contributed by atoms with Gasteiger partial charge in [-0.15, -0.1) is 0 Å². The van der Waals surface area contributed by atoms with Gasteiger partial charge in [0.05, 0.1) is 19.1 Å². The van der Waals surface area contributed by atoms with Crippen molar-refractivity contribution in [2.24, 2.45) is 0 Å². The van der Waals surface area contributed by atoms with Crippen molar-refractivity contribution in [3.8, 4) is 5.75 Å². The van der Waals surface area contributed by atoms with Crippen LogP contribution >= 0.6 is 0 Å². The number of sulfonamides is 1. The zero-order valence-corrected chi connectivity index (χ0v) is 24.9. The lowest BCUT2D eigenvalue weighted by Crippen LogP contribution is -2.55. The minimum Gasteiger partial charge on any atom is -0.497 e. The second kappa shape index (κ2) is 14.3. The lowest BCUT2D eigenvalue weighted by atomic mass is 9.94. The number of hydrogen-bond donors (Lipinski definition) is 1. The molecule has 0 radical (unpaired) electrons. The van der Waals surface area contributed by atoms with Crippen LogP contribution in [0.2, 0.25) is 0 Å². The number of anilines is 1. The summed E-state index contributed by atoms with van der Waals surface area (Å²) in [5.41, 5.74) is 1.74. The van der Waals surface area contributed by atoms with Crippen LogP contribution in [0.4, 0.5) is 10.1 Å². The van der Waals surface area contributed by atoms with Crippen molar-refractivity contribution >= 4 is 27.5 Å². The highest BCUT2D eigenvalue weighted by Gasteiger charge is 2.34. The van der Waals surface area contributed by atoms with E-state index in [1.807, 2.05) is 36.4 Å². The summed E-state index contributed by atoms with van der Waals surface area (Å²) in [6.45, 7) is -0.511. The van der Waals surface area contributed by atoms with Crippen LogP contribution in [0.25, 0.3) is 0 Å². The number of benzene rings is 3. The van der Waals surface area contributed by atoms with Crippen LogP contribution in [0.15, 0.2) is 78.9 Å². The maximum atomic E-state index is 14.2. The summed E-state index contributed by atoms with van der Waals surface area (Å²) in [6, 6.07) is 20.6. The Balaban J connectivity index is 1.72. The number of carbonyl (C=O) groups is 2. The minimum absolute atomic E-state index is 0.0185. The number of nitrogens with zero attached hydrogens (tertiary/aromatic N) is 2. The number of hydrogen-bond acceptors (Lipinski definition) is 5. The first-order valence-electron chi connectivity index (χ1n) is 14.1. The van der Waals surface area contributed by atoms with Gasteiger partial charge >= 0.3 is 0 Å². The second-order valence-electron chi connectivity index (χ2n) is 10.7. The summed E-state index contributed by atoms with van der Waals surface area (Å²) in [4.78, 5) is 29.6. The van der Waals surface area contributed by atoms with E-state index in [4.69, 9.17) is 4.74 Å². The van der Waals surface area contributed by atoms with E-state index < -0.39 is 34.3 Å². The fraction of sp³-hybridized carbons (Fsp3) is 0.375. The van der Waals surface area contributed by atoms with Crippen molar-refractivity contribution in [2.45, 2.75) is 57.2 Å². The molecule has 0 bridgehead atoms. The summed E-state index contributed by atoms with van der Waals surface area (Å²) < 4.78 is 45.6. The van der Waals surface area contributed by atoms with E-state index in [1.54, 1.807) is 25.3 Å². The van der Waals surface area contributed by atoms with Crippen molar-refractivity contribution in [1.82, 2.24) is 10.2 Å². The van der Waals surface area contributed by atoms with Gasteiger partial charge in [0.25, 0.3) is 0 Å². The summed E-state index contributed by atoms with van der Waals surface area (Å²) in [5.74, 6) is -0.780. The van der Waals surface area contributed by atoms with E-state index in [0.29, 0.717) is 5.75 Å². The summed E-state index contributed by atoms with van der Waals surface area (Å²) in [7, 11) is -2.38. The monoisotopic (exact) mass is 595 g/mol. The van der Waals surface area contributed by atoms with E-state index in [-0.39, 0.29) is 30.6 Å². The van der Waals surface area contributed by atoms with Crippen LogP contribution in [0.5, 0.6) is 5.75 Å². The molecule has 3 aromatic carbocycles. The molecular formula is C32H38FN3O5S. The molecule has 0 saturated heterocycles. The molecule has 2 amide bonds. The predicted molar refractivity (Wildman–Crippen MR) is 161 cm³/mol. The van der Waals surface area contributed by atoms with Gasteiger partial charge in [0.2, 0.25) is 21.8 Å². The third-order valence-corrected chi connectivity index (χ3v) is 8.64. The van der Waals surface area contributed by atoms with Crippen LogP contribution in [-0.4, -0.2) is 57.1 Å². The molecule has 0 unspecified atom stereocenters. The lowest BCUT2D eigenvalue weighted by Gasteiger charge is -2.35. The van der Waals surface area contributed by atoms with E-state index in [2.05, 4.69) is 5.32 Å². The first kappa shape index (κ1) is 31.0. The molecular weight excluding hydrogens is 557 g/mol. The van der Waals surface area contributed by atoms with Crippen LogP contribution in [0, 0.1) is 5.82 Å². The predicted octanol–water partition coefficient (Wildman–Crippen LogP) is 4.69. The molecule has 3 aromatic rings. The Labute approximate surface area is 247 Å². The molecule has 1 N–H and O–H groups in total. The number of rotatable bonds is 12. The molecule has 0 aromatic heterocycles. The average Bonchev–Trinajstić information content (AvgIpc) is 2.98. The number of halogens is 1. The van der Waals surface area contributed by atoms with Crippen LogP contribution in [0.3, 0.4) is 0 Å². The topological polar surface area (TPSA) is 96.0 Å².